The number of aryl methyl sites for hydroxylation is 1. The molecule has 1 atom stereocenters. The van der Waals surface area contributed by atoms with Crippen molar-refractivity contribution in [3.05, 3.63) is 29.1 Å². The maximum Gasteiger partial charge on any atom is 0.126 e. The molecule has 2 N–H and O–H groups in total. The quantitative estimate of drug-likeness (QED) is 0.869. The lowest BCUT2D eigenvalue weighted by Gasteiger charge is -2.27. The number of halogens is 1. The summed E-state index contributed by atoms with van der Waals surface area (Å²) in [7, 11) is 0. The van der Waals surface area contributed by atoms with Crippen molar-refractivity contribution in [1.29, 1.82) is 0 Å². The van der Waals surface area contributed by atoms with Gasteiger partial charge >= 0.3 is 0 Å². The van der Waals surface area contributed by atoms with Crippen LogP contribution in [0.3, 0.4) is 0 Å². The average Bonchev–Trinajstić information content (AvgIpc) is 2.22. The SMILES string of the molecule is CCC(C)(C)Oc1cc(C)c(F)cc1[C@@H](C)N. The van der Waals surface area contributed by atoms with Gasteiger partial charge in [0.15, 0.2) is 0 Å². The molecule has 0 saturated carbocycles. The zero-order valence-corrected chi connectivity index (χ0v) is 11.3. The van der Waals surface area contributed by atoms with Gasteiger partial charge in [0, 0.05) is 11.6 Å². The molecule has 0 bridgehead atoms. The molecule has 0 radical (unpaired) electrons. The molecule has 0 aliphatic rings. The van der Waals surface area contributed by atoms with Gasteiger partial charge in [-0.15, -0.1) is 0 Å². The van der Waals surface area contributed by atoms with E-state index in [1.54, 1.807) is 13.0 Å². The Labute approximate surface area is 103 Å². The van der Waals surface area contributed by atoms with Crippen LogP contribution in [0.1, 0.15) is 51.3 Å². The van der Waals surface area contributed by atoms with Gasteiger partial charge < -0.3 is 10.5 Å². The van der Waals surface area contributed by atoms with Crippen LogP contribution >= 0.6 is 0 Å². The molecule has 0 aromatic heterocycles. The van der Waals surface area contributed by atoms with Crippen LogP contribution in [0.5, 0.6) is 5.75 Å². The van der Waals surface area contributed by atoms with Crippen LogP contribution in [0, 0.1) is 12.7 Å². The van der Waals surface area contributed by atoms with E-state index in [0.29, 0.717) is 11.3 Å². The summed E-state index contributed by atoms with van der Waals surface area (Å²) >= 11 is 0. The van der Waals surface area contributed by atoms with Crippen molar-refractivity contribution < 1.29 is 9.13 Å². The minimum atomic E-state index is -0.270. The Morgan fingerprint density at radius 1 is 1.41 bits per heavy atom. The molecule has 0 amide bonds. The molecule has 0 spiro atoms. The predicted octanol–water partition coefficient (Wildman–Crippen LogP) is 3.72. The van der Waals surface area contributed by atoms with Crippen LogP contribution in [-0.2, 0) is 0 Å². The molecule has 0 aliphatic heterocycles. The van der Waals surface area contributed by atoms with Gasteiger partial charge in [-0.3, -0.25) is 0 Å². The molecule has 1 rings (SSSR count). The highest BCUT2D eigenvalue weighted by Crippen LogP contribution is 2.30. The first-order valence-corrected chi connectivity index (χ1v) is 6.01. The highest BCUT2D eigenvalue weighted by atomic mass is 19.1. The fourth-order valence-corrected chi connectivity index (χ4v) is 1.48. The van der Waals surface area contributed by atoms with Gasteiger partial charge in [0.05, 0.1) is 0 Å². The maximum atomic E-state index is 13.5. The minimum absolute atomic E-state index is 0.237. The molecular formula is C14H22FNO. The van der Waals surface area contributed by atoms with Crippen LogP contribution in [0.4, 0.5) is 4.39 Å². The number of nitrogens with two attached hydrogens (primary N) is 1. The van der Waals surface area contributed by atoms with E-state index in [9.17, 15) is 4.39 Å². The minimum Gasteiger partial charge on any atom is -0.488 e. The van der Waals surface area contributed by atoms with Crippen molar-refractivity contribution in [2.24, 2.45) is 5.73 Å². The van der Waals surface area contributed by atoms with E-state index in [1.165, 1.54) is 6.07 Å². The summed E-state index contributed by atoms with van der Waals surface area (Å²) < 4.78 is 19.5. The molecule has 2 nitrogen and oxygen atoms in total. The molecule has 1 aromatic rings. The van der Waals surface area contributed by atoms with Crippen molar-refractivity contribution in [2.45, 2.75) is 52.7 Å². The third-order valence-corrected chi connectivity index (χ3v) is 3.02. The molecule has 0 unspecified atom stereocenters. The smallest absolute Gasteiger partial charge is 0.126 e. The first-order chi connectivity index (χ1) is 7.76. The lowest BCUT2D eigenvalue weighted by Crippen LogP contribution is -2.28. The Balaban J connectivity index is 3.17. The summed E-state index contributed by atoms with van der Waals surface area (Å²) in [5.74, 6) is 0.449. The van der Waals surface area contributed by atoms with Crippen LogP contribution in [0.2, 0.25) is 0 Å². The molecule has 17 heavy (non-hydrogen) atoms. The van der Waals surface area contributed by atoms with Gasteiger partial charge in [0.1, 0.15) is 17.2 Å². The summed E-state index contributed by atoms with van der Waals surface area (Å²) in [5.41, 5.74) is 6.87. The van der Waals surface area contributed by atoms with Crippen molar-refractivity contribution in [2.75, 3.05) is 0 Å². The maximum absolute atomic E-state index is 13.5. The van der Waals surface area contributed by atoms with Crippen molar-refractivity contribution in [1.82, 2.24) is 0 Å². The van der Waals surface area contributed by atoms with Gasteiger partial charge in [-0.1, -0.05) is 6.92 Å². The predicted molar refractivity (Wildman–Crippen MR) is 68.7 cm³/mol. The summed E-state index contributed by atoms with van der Waals surface area (Å²) in [4.78, 5) is 0. The van der Waals surface area contributed by atoms with Crippen LogP contribution in [-0.4, -0.2) is 5.60 Å². The lowest BCUT2D eigenvalue weighted by molar-refractivity contribution is 0.103. The lowest BCUT2D eigenvalue weighted by atomic mass is 10.0. The Kier molecular flexibility index (Phi) is 4.15. The fourth-order valence-electron chi connectivity index (χ4n) is 1.48. The monoisotopic (exact) mass is 239 g/mol. The van der Waals surface area contributed by atoms with E-state index in [2.05, 4.69) is 6.92 Å². The Bertz CT molecular complexity index is 399. The van der Waals surface area contributed by atoms with Gasteiger partial charge in [0.2, 0.25) is 0 Å². The fraction of sp³-hybridized carbons (Fsp3) is 0.571. The third kappa shape index (κ3) is 3.43. The molecule has 0 aliphatic carbocycles. The highest BCUT2D eigenvalue weighted by molar-refractivity contribution is 5.40. The molecule has 96 valence electrons. The first kappa shape index (κ1) is 14.0. The number of hydrogen-bond donors (Lipinski definition) is 1. The van der Waals surface area contributed by atoms with E-state index in [-0.39, 0.29) is 17.5 Å². The van der Waals surface area contributed by atoms with Crippen LogP contribution in [0.15, 0.2) is 12.1 Å². The van der Waals surface area contributed by atoms with Gasteiger partial charge in [-0.25, -0.2) is 4.39 Å². The van der Waals surface area contributed by atoms with Gasteiger partial charge in [-0.05, 0) is 51.8 Å². The average molecular weight is 239 g/mol. The molecular weight excluding hydrogens is 217 g/mol. The first-order valence-electron chi connectivity index (χ1n) is 6.01. The van der Waals surface area contributed by atoms with E-state index in [4.69, 9.17) is 10.5 Å². The number of benzene rings is 1. The van der Waals surface area contributed by atoms with Crippen molar-refractivity contribution in [3.8, 4) is 5.75 Å². The van der Waals surface area contributed by atoms with Crippen LogP contribution in [0.25, 0.3) is 0 Å². The molecule has 0 saturated heterocycles. The molecule has 3 heteroatoms. The van der Waals surface area contributed by atoms with E-state index < -0.39 is 0 Å². The second-order valence-electron chi connectivity index (χ2n) is 5.14. The Morgan fingerprint density at radius 2 is 2.00 bits per heavy atom. The van der Waals surface area contributed by atoms with Crippen molar-refractivity contribution >= 4 is 0 Å². The van der Waals surface area contributed by atoms with Gasteiger partial charge in [-0.2, -0.15) is 0 Å². The topological polar surface area (TPSA) is 35.2 Å². The van der Waals surface area contributed by atoms with E-state index >= 15 is 0 Å². The normalized spacial score (nSPS) is 13.6. The third-order valence-electron chi connectivity index (χ3n) is 3.02. The Morgan fingerprint density at radius 3 is 2.47 bits per heavy atom. The van der Waals surface area contributed by atoms with Crippen molar-refractivity contribution in [3.63, 3.8) is 0 Å². The van der Waals surface area contributed by atoms with Crippen LogP contribution < -0.4 is 10.5 Å². The second kappa shape index (κ2) is 5.05. The standard InChI is InChI=1S/C14H22FNO/c1-6-14(4,5)17-13-7-9(2)12(15)8-11(13)10(3)16/h7-8,10H,6,16H2,1-5H3/t10-/m1/s1. The molecule has 0 fully saturated rings. The summed E-state index contributed by atoms with van der Waals surface area (Å²) in [6, 6.07) is 2.96. The summed E-state index contributed by atoms with van der Waals surface area (Å²) in [6.45, 7) is 9.64. The van der Waals surface area contributed by atoms with E-state index in [1.807, 2.05) is 20.8 Å². The molecule has 1 aromatic carbocycles. The zero-order valence-electron chi connectivity index (χ0n) is 11.3. The zero-order chi connectivity index (χ0) is 13.2. The Hall–Kier alpha value is -1.09. The van der Waals surface area contributed by atoms with E-state index in [0.717, 1.165) is 12.0 Å². The van der Waals surface area contributed by atoms with Gasteiger partial charge in [0.25, 0.3) is 0 Å². The number of ether oxygens (including phenoxy) is 1. The number of hydrogen-bond acceptors (Lipinski definition) is 2. The number of rotatable bonds is 4. The summed E-state index contributed by atoms with van der Waals surface area (Å²) in [6.07, 6.45) is 0.877. The second-order valence-corrected chi connectivity index (χ2v) is 5.14. The summed E-state index contributed by atoms with van der Waals surface area (Å²) in [5, 5.41) is 0. The largest absolute Gasteiger partial charge is 0.488 e. The highest BCUT2D eigenvalue weighted by Gasteiger charge is 2.20. The molecule has 0 heterocycles.